The van der Waals surface area contributed by atoms with Gasteiger partial charge >= 0.3 is 0 Å². The molecule has 3 nitrogen and oxygen atoms in total. The van der Waals surface area contributed by atoms with Crippen LogP contribution in [0.5, 0.6) is 0 Å². The predicted octanol–water partition coefficient (Wildman–Crippen LogP) is 4.45. The minimum absolute atomic E-state index is 0.0515. The van der Waals surface area contributed by atoms with Crippen LogP contribution in [-0.2, 0) is 6.42 Å². The second-order valence-corrected chi connectivity index (χ2v) is 5.72. The van der Waals surface area contributed by atoms with Gasteiger partial charge in [-0.3, -0.25) is 4.79 Å². The van der Waals surface area contributed by atoms with E-state index in [1.165, 1.54) is 0 Å². The Hall–Kier alpha value is -2.26. The molecule has 112 valence electrons. The summed E-state index contributed by atoms with van der Waals surface area (Å²) in [4.78, 5) is 12.2. The second-order valence-electron chi connectivity index (χ2n) is 5.31. The average Bonchev–Trinajstić information content (AvgIpc) is 2.89. The Morgan fingerprint density at radius 1 is 1.18 bits per heavy atom. The van der Waals surface area contributed by atoms with Gasteiger partial charge in [0.1, 0.15) is 11.3 Å². The van der Waals surface area contributed by atoms with Gasteiger partial charge in [-0.1, -0.05) is 41.9 Å². The number of rotatable bonds is 4. The molecule has 0 spiro atoms. The van der Waals surface area contributed by atoms with Crippen LogP contribution in [0.3, 0.4) is 0 Å². The number of halogens is 1. The van der Waals surface area contributed by atoms with Crippen molar-refractivity contribution in [1.29, 1.82) is 0 Å². The summed E-state index contributed by atoms with van der Waals surface area (Å²) in [5.41, 5.74) is 1.35. The number of benzene rings is 2. The van der Waals surface area contributed by atoms with Crippen molar-refractivity contribution in [3.63, 3.8) is 0 Å². The summed E-state index contributed by atoms with van der Waals surface area (Å²) >= 11 is 6.04. The van der Waals surface area contributed by atoms with E-state index in [0.29, 0.717) is 17.0 Å². The fraction of sp³-hybridized carbons (Fsp3) is 0.167. The standard InChI is InChI=1S/C18H16ClNO2/c1-12(20-18(21)15-7-3-4-8-16(15)19)10-14-11-13-6-2-5-9-17(13)22-14/h2-9,11-12H,10H2,1H3,(H,20,21)/t12-/m1/s1. The maximum atomic E-state index is 12.2. The average molecular weight is 314 g/mol. The molecule has 1 aromatic heterocycles. The Balaban J connectivity index is 1.68. The number of fused-ring (bicyclic) bond motifs is 1. The highest BCUT2D eigenvalue weighted by Crippen LogP contribution is 2.20. The van der Waals surface area contributed by atoms with E-state index in [1.807, 2.05) is 37.3 Å². The first-order valence-corrected chi connectivity index (χ1v) is 7.54. The second kappa shape index (κ2) is 6.24. The molecule has 0 bridgehead atoms. The molecular weight excluding hydrogens is 298 g/mol. The van der Waals surface area contributed by atoms with Gasteiger partial charge in [-0.15, -0.1) is 0 Å². The van der Waals surface area contributed by atoms with Crippen molar-refractivity contribution in [3.05, 3.63) is 70.9 Å². The molecule has 0 saturated heterocycles. The molecule has 1 amide bonds. The number of hydrogen-bond donors (Lipinski definition) is 1. The van der Waals surface area contributed by atoms with Crippen molar-refractivity contribution >= 4 is 28.5 Å². The molecule has 0 aliphatic heterocycles. The lowest BCUT2D eigenvalue weighted by atomic mass is 10.1. The quantitative estimate of drug-likeness (QED) is 0.773. The molecule has 1 heterocycles. The van der Waals surface area contributed by atoms with Gasteiger partial charge in [-0.2, -0.15) is 0 Å². The molecule has 0 fully saturated rings. The Kier molecular flexibility index (Phi) is 4.16. The third-order valence-corrected chi connectivity index (χ3v) is 3.81. The zero-order valence-electron chi connectivity index (χ0n) is 12.2. The van der Waals surface area contributed by atoms with Gasteiger partial charge in [0.2, 0.25) is 0 Å². The van der Waals surface area contributed by atoms with Crippen molar-refractivity contribution in [2.24, 2.45) is 0 Å². The van der Waals surface area contributed by atoms with Crippen molar-refractivity contribution in [3.8, 4) is 0 Å². The van der Waals surface area contributed by atoms with Crippen LogP contribution in [-0.4, -0.2) is 11.9 Å². The van der Waals surface area contributed by atoms with Gasteiger partial charge in [0, 0.05) is 17.8 Å². The summed E-state index contributed by atoms with van der Waals surface area (Å²) in [5, 5.41) is 4.47. The topological polar surface area (TPSA) is 42.2 Å². The Morgan fingerprint density at radius 2 is 1.91 bits per heavy atom. The van der Waals surface area contributed by atoms with E-state index in [2.05, 4.69) is 5.32 Å². The molecule has 0 aliphatic rings. The zero-order chi connectivity index (χ0) is 15.5. The van der Waals surface area contributed by atoms with Gasteiger partial charge < -0.3 is 9.73 Å². The summed E-state index contributed by atoms with van der Waals surface area (Å²) in [5.74, 6) is 0.683. The van der Waals surface area contributed by atoms with Gasteiger partial charge in [-0.25, -0.2) is 0 Å². The number of para-hydroxylation sites is 1. The summed E-state index contributed by atoms with van der Waals surface area (Å²) in [7, 11) is 0. The first-order valence-electron chi connectivity index (χ1n) is 7.16. The Morgan fingerprint density at radius 3 is 2.68 bits per heavy atom. The molecule has 0 radical (unpaired) electrons. The number of hydrogen-bond acceptors (Lipinski definition) is 2. The number of nitrogens with one attached hydrogen (secondary N) is 1. The van der Waals surface area contributed by atoms with E-state index < -0.39 is 0 Å². The van der Waals surface area contributed by atoms with E-state index in [-0.39, 0.29) is 11.9 Å². The molecule has 4 heteroatoms. The molecule has 1 N–H and O–H groups in total. The summed E-state index contributed by atoms with van der Waals surface area (Å²) in [6.07, 6.45) is 0.630. The Labute approximate surface area is 133 Å². The van der Waals surface area contributed by atoms with E-state index in [9.17, 15) is 4.79 Å². The molecular formula is C18H16ClNO2. The van der Waals surface area contributed by atoms with Crippen LogP contribution in [0, 0.1) is 0 Å². The molecule has 3 rings (SSSR count). The van der Waals surface area contributed by atoms with Crippen molar-refractivity contribution in [1.82, 2.24) is 5.32 Å². The molecule has 3 aromatic rings. The van der Waals surface area contributed by atoms with Gasteiger partial charge in [0.15, 0.2) is 0 Å². The summed E-state index contributed by atoms with van der Waals surface area (Å²) < 4.78 is 5.77. The molecule has 0 saturated carbocycles. The van der Waals surface area contributed by atoms with Crippen molar-refractivity contribution in [2.75, 3.05) is 0 Å². The molecule has 1 atom stereocenters. The fourth-order valence-corrected chi connectivity index (χ4v) is 2.66. The third kappa shape index (κ3) is 3.15. The lowest BCUT2D eigenvalue weighted by molar-refractivity contribution is 0.0939. The minimum atomic E-state index is -0.172. The summed E-state index contributed by atoms with van der Waals surface area (Å²) in [6.45, 7) is 1.95. The Bertz CT molecular complexity index is 776. The van der Waals surface area contributed by atoms with Gasteiger partial charge in [0.25, 0.3) is 5.91 Å². The zero-order valence-corrected chi connectivity index (χ0v) is 12.9. The fourth-order valence-electron chi connectivity index (χ4n) is 2.44. The first-order chi connectivity index (χ1) is 10.6. The number of carbonyl (C=O) groups excluding carboxylic acids is 1. The number of carbonyl (C=O) groups is 1. The van der Waals surface area contributed by atoms with Crippen LogP contribution in [0.15, 0.2) is 59.0 Å². The van der Waals surface area contributed by atoms with Crippen molar-refractivity contribution in [2.45, 2.75) is 19.4 Å². The lowest BCUT2D eigenvalue weighted by Crippen LogP contribution is -2.34. The van der Waals surface area contributed by atoms with E-state index in [1.54, 1.807) is 24.3 Å². The first kappa shape index (κ1) is 14.7. The lowest BCUT2D eigenvalue weighted by Gasteiger charge is -2.13. The van der Waals surface area contributed by atoms with E-state index in [0.717, 1.165) is 16.7 Å². The van der Waals surface area contributed by atoms with E-state index >= 15 is 0 Å². The van der Waals surface area contributed by atoms with Crippen LogP contribution < -0.4 is 5.32 Å². The van der Waals surface area contributed by atoms with Gasteiger partial charge in [-0.05, 0) is 31.2 Å². The molecule has 2 aromatic carbocycles. The molecule has 0 aliphatic carbocycles. The van der Waals surface area contributed by atoms with Crippen molar-refractivity contribution < 1.29 is 9.21 Å². The molecule has 0 unspecified atom stereocenters. The number of amides is 1. The molecule has 22 heavy (non-hydrogen) atoms. The SMILES string of the molecule is C[C@H](Cc1cc2ccccc2o1)NC(=O)c1ccccc1Cl. The number of furan rings is 1. The predicted molar refractivity (Wildman–Crippen MR) is 88.3 cm³/mol. The van der Waals surface area contributed by atoms with Crippen LogP contribution in [0.4, 0.5) is 0 Å². The van der Waals surface area contributed by atoms with E-state index in [4.69, 9.17) is 16.0 Å². The minimum Gasteiger partial charge on any atom is -0.461 e. The normalized spacial score (nSPS) is 12.3. The summed E-state index contributed by atoms with van der Waals surface area (Å²) in [6, 6.07) is 16.8. The smallest absolute Gasteiger partial charge is 0.253 e. The highest BCUT2D eigenvalue weighted by atomic mass is 35.5. The third-order valence-electron chi connectivity index (χ3n) is 3.48. The van der Waals surface area contributed by atoms with Crippen LogP contribution in [0.1, 0.15) is 23.0 Å². The maximum absolute atomic E-state index is 12.2. The van der Waals surface area contributed by atoms with Gasteiger partial charge in [0.05, 0.1) is 10.6 Å². The highest BCUT2D eigenvalue weighted by molar-refractivity contribution is 6.33. The van der Waals surface area contributed by atoms with Crippen LogP contribution in [0.25, 0.3) is 11.0 Å². The highest BCUT2D eigenvalue weighted by Gasteiger charge is 2.14. The van der Waals surface area contributed by atoms with Crippen LogP contribution in [0.2, 0.25) is 5.02 Å². The monoisotopic (exact) mass is 313 g/mol. The maximum Gasteiger partial charge on any atom is 0.253 e. The van der Waals surface area contributed by atoms with Crippen LogP contribution >= 0.6 is 11.6 Å². The largest absolute Gasteiger partial charge is 0.461 e.